The van der Waals surface area contributed by atoms with Gasteiger partial charge in [0.15, 0.2) is 0 Å². The lowest BCUT2D eigenvalue weighted by molar-refractivity contribution is -0.124. The first-order valence-corrected chi connectivity index (χ1v) is 8.57. The number of anilines is 1. The van der Waals surface area contributed by atoms with Crippen molar-refractivity contribution in [3.63, 3.8) is 0 Å². The Morgan fingerprint density at radius 1 is 1.00 bits per heavy atom. The Morgan fingerprint density at radius 2 is 1.64 bits per heavy atom. The van der Waals surface area contributed by atoms with E-state index in [1.807, 2.05) is 58.0 Å². The standard InChI is InChI=1S/C21H26N2O2/c1-5-21(3,4)20(25)23-18-9-7-6-8-17(18)19(24)22-14-16-12-10-15(2)11-13-16/h6-13H,5,14H2,1-4H3,(H,22,24)(H,23,25). The summed E-state index contributed by atoms with van der Waals surface area (Å²) in [4.78, 5) is 25.0. The van der Waals surface area contributed by atoms with Gasteiger partial charge in [-0.25, -0.2) is 0 Å². The van der Waals surface area contributed by atoms with Crippen LogP contribution in [0.15, 0.2) is 48.5 Å². The zero-order chi connectivity index (χ0) is 18.4. The van der Waals surface area contributed by atoms with E-state index in [-0.39, 0.29) is 11.8 Å². The third kappa shape index (κ3) is 4.92. The number of aryl methyl sites for hydroxylation is 1. The average Bonchev–Trinajstić information content (AvgIpc) is 2.61. The van der Waals surface area contributed by atoms with Gasteiger partial charge < -0.3 is 10.6 Å². The van der Waals surface area contributed by atoms with Crippen LogP contribution in [0.3, 0.4) is 0 Å². The van der Waals surface area contributed by atoms with Crippen molar-refractivity contribution in [1.82, 2.24) is 5.32 Å². The Kier molecular flexibility index (Phi) is 5.97. The van der Waals surface area contributed by atoms with Gasteiger partial charge in [-0.05, 0) is 31.0 Å². The number of carbonyl (C=O) groups is 2. The minimum Gasteiger partial charge on any atom is -0.348 e. The van der Waals surface area contributed by atoms with Crippen LogP contribution in [0.2, 0.25) is 0 Å². The van der Waals surface area contributed by atoms with E-state index >= 15 is 0 Å². The SMILES string of the molecule is CCC(C)(C)C(=O)Nc1ccccc1C(=O)NCc1ccc(C)cc1. The number of rotatable bonds is 6. The second-order valence-electron chi connectivity index (χ2n) is 6.91. The highest BCUT2D eigenvalue weighted by atomic mass is 16.2. The van der Waals surface area contributed by atoms with E-state index in [0.717, 1.165) is 12.0 Å². The summed E-state index contributed by atoms with van der Waals surface area (Å²) in [6.07, 6.45) is 0.723. The lowest BCUT2D eigenvalue weighted by Gasteiger charge is -2.22. The molecule has 2 rings (SSSR count). The van der Waals surface area contributed by atoms with Gasteiger partial charge in [-0.2, -0.15) is 0 Å². The van der Waals surface area contributed by atoms with Crippen LogP contribution in [0, 0.1) is 12.3 Å². The van der Waals surface area contributed by atoms with Gasteiger partial charge in [0.05, 0.1) is 11.3 Å². The first-order valence-electron chi connectivity index (χ1n) is 8.57. The highest BCUT2D eigenvalue weighted by Crippen LogP contribution is 2.24. The van der Waals surface area contributed by atoms with E-state index in [1.54, 1.807) is 18.2 Å². The maximum atomic E-state index is 12.5. The Balaban J connectivity index is 2.09. The first kappa shape index (κ1) is 18.7. The number of hydrogen-bond donors (Lipinski definition) is 2. The topological polar surface area (TPSA) is 58.2 Å². The molecule has 0 unspecified atom stereocenters. The van der Waals surface area contributed by atoms with E-state index in [2.05, 4.69) is 10.6 Å². The summed E-state index contributed by atoms with van der Waals surface area (Å²) in [7, 11) is 0. The summed E-state index contributed by atoms with van der Waals surface area (Å²) >= 11 is 0. The second kappa shape index (κ2) is 7.97. The zero-order valence-electron chi connectivity index (χ0n) is 15.3. The molecule has 2 aromatic rings. The molecular formula is C21H26N2O2. The Labute approximate surface area is 149 Å². The van der Waals surface area contributed by atoms with Crippen molar-refractivity contribution in [3.8, 4) is 0 Å². The summed E-state index contributed by atoms with van der Waals surface area (Å²) in [5.74, 6) is -0.292. The molecule has 0 radical (unpaired) electrons. The molecule has 0 aliphatic carbocycles. The summed E-state index contributed by atoms with van der Waals surface area (Å²) in [6.45, 7) is 8.23. The Bertz CT molecular complexity index is 749. The summed E-state index contributed by atoms with van der Waals surface area (Å²) < 4.78 is 0. The summed E-state index contributed by atoms with van der Waals surface area (Å²) in [5, 5.41) is 5.80. The second-order valence-corrected chi connectivity index (χ2v) is 6.91. The number of carbonyl (C=O) groups excluding carboxylic acids is 2. The van der Waals surface area contributed by atoms with Crippen molar-refractivity contribution >= 4 is 17.5 Å². The number of para-hydroxylation sites is 1. The predicted octanol–water partition coefficient (Wildman–Crippen LogP) is 4.30. The van der Waals surface area contributed by atoms with E-state index in [1.165, 1.54) is 5.56 Å². The molecule has 4 nitrogen and oxygen atoms in total. The van der Waals surface area contributed by atoms with Gasteiger partial charge >= 0.3 is 0 Å². The lowest BCUT2D eigenvalue weighted by Crippen LogP contribution is -2.31. The molecule has 0 aliphatic rings. The molecule has 0 saturated heterocycles. The Hall–Kier alpha value is -2.62. The fourth-order valence-corrected chi connectivity index (χ4v) is 2.23. The largest absolute Gasteiger partial charge is 0.348 e. The van der Waals surface area contributed by atoms with Crippen molar-refractivity contribution in [2.45, 2.75) is 40.7 Å². The van der Waals surface area contributed by atoms with Gasteiger partial charge in [-0.3, -0.25) is 9.59 Å². The van der Waals surface area contributed by atoms with Crippen LogP contribution < -0.4 is 10.6 Å². The molecule has 0 saturated carbocycles. The minimum atomic E-state index is -0.481. The third-order valence-corrected chi connectivity index (χ3v) is 4.49. The van der Waals surface area contributed by atoms with Gasteiger partial charge in [-0.1, -0.05) is 62.7 Å². The maximum absolute atomic E-state index is 12.5. The smallest absolute Gasteiger partial charge is 0.253 e. The molecule has 0 bridgehead atoms. The molecule has 132 valence electrons. The minimum absolute atomic E-state index is 0.0891. The van der Waals surface area contributed by atoms with Crippen LogP contribution in [-0.2, 0) is 11.3 Å². The van der Waals surface area contributed by atoms with Crippen molar-refractivity contribution in [2.75, 3.05) is 5.32 Å². The predicted molar refractivity (Wildman–Crippen MR) is 101 cm³/mol. The molecule has 4 heteroatoms. The molecule has 0 atom stereocenters. The first-order chi connectivity index (χ1) is 11.8. The van der Waals surface area contributed by atoms with Gasteiger partial charge in [0.1, 0.15) is 0 Å². The molecule has 0 aliphatic heterocycles. The van der Waals surface area contributed by atoms with Crippen LogP contribution in [-0.4, -0.2) is 11.8 Å². The van der Waals surface area contributed by atoms with E-state index in [0.29, 0.717) is 17.8 Å². The molecule has 25 heavy (non-hydrogen) atoms. The zero-order valence-corrected chi connectivity index (χ0v) is 15.3. The molecule has 0 aromatic heterocycles. The van der Waals surface area contributed by atoms with Crippen molar-refractivity contribution < 1.29 is 9.59 Å². The maximum Gasteiger partial charge on any atom is 0.253 e. The average molecular weight is 338 g/mol. The Morgan fingerprint density at radius 3 is 2.28 bits per heavy atom. The van der Waals surface area contributed by atoms with Crippen molar-refractivity contribution in [1.29, 1.82) is 0 Å². The number of amides is 2. The van der Waals surface area contributed by atoms with Gasteiger partial charge in [0, 0.05) is 12.0 Å². The monoisotopic (exact) mass is 338 g/mol. The van der Waals surface area contributed by atoms with Gasteiger partial charge in [0.25, 0.3) is 5.91 Å². The van der Waals surface area contributed by atoms with Crippen molar-refractivity contribution in [3.05, 3.63) is 65.2 Å². The highest BCUT2D eigenvalue weighted by Gasteiger charge is 2.26. The lowest BCUT2D eigenvalue weighted by atomic mass is 9.89. The van der Waals surface area contributed by atoms with Gasteiger partial charge in [0.2, 0.25) is 5.91 Å². The molecule has 2 N–H and O–H groups in total. The molecule has 0 heterocycles. The molecule has 0 fully saturated rings. The van der Waals surface area contributed by atoms with E-state index in [4.69, 9.17) is 0 Å². The van der Waals surface area contributed by atoms with Crippen LogP contribution >= 0.6 is 0 Å². The van der Waals surface area contributed by atoms with E-state index < -0.39 is 5.41 Å². The number of nitrogens with one attached hydrogen (secondary N) is 2. The van der Waals surface area contributed by atoms with Crippen LogP contribution in [0.4, 0.5) is 5.69 Å². The van der Waals surface area contributed by atoms with Crippen molar-refractivity contribution in [2.24, 2.45) is 5.41 Å². The summed E-state index contributed by atoms with van der Waals surface area (Å²) in [6, 6.07) is 15.1. The van der Waals surface area contributed by atoms with Crippen LogP contribution in [0.5, 0.6) is 0 Å². The third-order valence-electron chi connectivity index (χ3n) is 4.49. The molecule has 0 spiro atoms. The fourth-order valence-electron chi connectivity index (χ4n) is 2.23. The molecule has 2 amide bonds. The molecule has 2 aromatic carbocycles. The van der Waals surface area contributed by atoms with Crippen LogP contribution in [0.1, 0.15) is 48.7 Å². The number of hydrogen-bond acceptors (Lipinski definition) is 2. The van der Waals surface area contributed by atoms with Gasteiger partial charge in [-0.15, -0.1) is 0 Å². The fraction of sp³-hybridized carbons (Fsp3) is 0.333. The quantitative estimate of drug-likeness (QED) is 0.825. The molecular weight excluding hydrogens is 312 g/mol. The van der Waals surface area contributed by atoms with E-state index in [9.17, 15) is 9.59 Å². The summed E-state index contributed by atoms with van der Waals surface area (Å²) in [5.41, 5.74) is 2.74. The number of benzene rings is 2. The highest BCUT2D eigenvalue weighted by molar-refractivity contribution is 6.04. The van der Waals surface area contributed by atoms with Crippen LogP contribution in [0.25, 0.3) is 0 Å². The normalized spacial score (nSPS) is 11.0.